The van der Waals surface area contributed by atoms with Gasteiger partial charge in [0.25, 0.3) is 5.91 Å². The van der Waals surface area contributed by atoms with Gasteiger partial charge in [-0.1, -0.05) is 6.07 Å². The Morgan fingerprint density at radius 3 is 3.18 bits per heavy atom. The van der Waals surface area contributed by atoms with Crippen molar-refractivity contribution in [3.05, 3.63) is 29.6 Å². The zero-order valence-corrected chi connectivity index (χ0v) is 10.1. The summed E-state index contributed by atoms with van der Waals surface area (Å²) in [4.78, 5) is 18.2. The molecule has 2 rings (SSSR count). The summed E-state index contributed by atoms with van der Waals surface area (Å²) >= 11 is 0. The molecule has 0 radical (unpaired) electrons. The minimum Gasteiger partial charge on any atom is -0.396 e. The third-order valence-corrected chi connectivity index (χ3v) is 3.28. The van der Waals surface area contributed by atoms with Crippen molar-refractivity contribution in [1.29, 1.82) is 0 Å². The Labute approximate surface area is 101 Å². The Morgan fingerprint density at radius 2 is 2.47 bits per heavy atom. The van der Waals surface area contributed by atoms with Gasteiger partial charge in [0.1, 0.15) is 5.69 Å². The van der Waals surface area contributed by atoms with E-state index in [9.17, 15) is 4.79 Å². The van der Waals surface area contributed by atoms with Gasteiger partial charge in [0, 0.05) is 25.9 Å². The standard InChI is InChI=1S/C13H18N2O2/c1-10-4-2-6-14-12(10)13(17)15-7-3-5-11(8-15)9-16/h2,4,6,11,16H,3,5,7-9H2,1H3. The van der Waals surface area contributed by atoms with Crippen LogP contribution in [0, 0.1) is 12.8 Å². The fraction of sp³-hybridized carbons (Fsp3) is 0.538. The monoisotopic (exact) mass is 234 g/mol. The highest BCUT2D eigenvalue weighted by Crippen LogP contribution is 2.18. The number of piperidine rings is 1. The summed E-state index contributed by atoms with van der Waals surface area (Å²) in [6.07, 6.45) is 3.61. The van der Waals surface area contributed by atoms with E-state index in [0.29, 0.717) is 12.2 Å². The van der Waals surface area contributed by atoms with Gasteiger partial charge in [-0.05, 0) is 37.3 Å². The van der Waals surface area contributed by atoms with Gasteiger partial charge in [-0.2, -0.15) is 0 Å². The van der Waals surface area contributed by atoms with Gasteiger partial charge in [-0.3, -0.25) is 9.78 Å². The van der Waals surface area contributed by atoms with E-state index in [0.717, 1.165) is 24.9 Å². The summed E-state index contributed by atoms with van der Waals surface area (Å²) in [5.74, 6) is 0.206. The molecule has 1 atom stereocenters. The van der Waals surface area contributed by atoms with E-state index < -0.39 is 0 Å². The zero-order chi connectivity index (χ0) is 12.3. The number of nitrogens with zero attached hydrogens (tertiary/aromatic N) is 2. The van der Waals surface area contributed by atoms with Crippen molar-refractivity contribution >= 4 is 5.91 Å². The quantitative estimate of drug-likeness (QED) is 0.837. The Hall–Kier alpha value is -1.42. The number of carbonyl (C=O) groups is 1. The zero-order valence-electron chi connectivity index (χ0n) is 10.1. The molecule has 1 amide bonds. The molecule has 0 aliphatic carbocycles. The molecule has 1 aliphatic heterocycles. The maximum absolute atomic E-state index is 12.3. The lowest BCUT2D eigenvalue weighted by Crippen LogP contribution is -2.41. The molecule has 1 unspecified atom stereocenters. The highest BCUT2D eigenvalue weighted by molar-refractivity contribution is 5.93. The van der Waals surface area contributed by atoms with Gasteiger partial charge in [-0.15, -0.1) is 0 Å². The van der Waals surface area contributed by atoms with Crippen LogP contribution in [0.15, 0.2) is 18.3 Å². The number of amides is 1. The van der Waals surface area contributed by atoms with E-state index >= 15 is 0 Å². The van der Waals surface area contributed by atoms with Crippen LogP contribution in [0.5, 0.6) is 0 Å². The third-order valence-electron chi connectivity index (χ3n) is 3.28. The molecule has 2 heterocycles. The molecule has 0 spiro atoms. The first-order chi connectivity index (χ1) is 8.22. The van der Waals surface area contributed by atoms with Gasteiger partial charge in [-0.25, -0.2) is 0 Å². The molecule has 1 aliphatic rings. The predicted octanol–water partition coefficient (Wildman–Crippen LogP) is 1.23. The molecule has 1 N–H and O–H groups in total. The van der Waals surface area contributed by atoms with Gasteiger partial charge in [0.2, 0.25) is 0 Å². The molecule has 0 saturated carbocycles. The van der Waals surface area contributed by atoms with Crippen LogP contribution in [-0.2, 0) is 0 Å². The Bertz CT molecular complexity index is 406. The van der Waals surface area contributed by atoms with Crippen LogP contribution in [0.25, 0.3) is 0 Å². The van der Waals surface area contributed by atoms with Crippen LogP contribution in [0.4, 0.5) is 0 Å². The van der Waals surface area contributed by atoms with E-state index in [4.69, 9.17) is 5.11 Å². The second-order valence-corrected chi connectivity index (χ2v) is 4.61. The van der Waals surface area contributed by atoms with Crippen molar-refractivity contribution in [2.75, 3.05) is 19.7 Å². The van der Waals surface area contributed by atoms with E-state index in [1.807, 2.05) is 19.1 Å². The number of carbonyl (C=O) groups excluding carboxylic acids is 1. The lowest BCUT2D eigenvalue weighted by atomic mass is 9.98. The molecule has 0 bridgehead atoms. The molecule has 1 aromatic heterocycles. The molecule has 4 nitrogen and oxygen atoms in total. The van der Waals surface area contributed by atoms with Crippen molar-refractivity contribution in [3.8, 4) is 0 Å². The lowest BCUT2D eigenvalue weighted by Gasteiger charge is -2.31. The summed E-state index contributed by atoms with van der Waals surface area (Å²) in [5.41, 5.74) is 1.44. The van der Waals surface area contributed by atoms with Gasteiger partial charge in [0.05, 0.1) is 0 Å². The number of pyridine rings is 1. The number of hydrogen-bond acceptors (Lipinski definition) is 3. The number of aliphatic hydroxyl groups is 1. The van der Waals surface area contributed by atoms with Crippen molar-refractivity contribution in [1.82, 2.24) is 9.88 Å². The molecule has 4 heteroatoms. The first kappa shape index (κ1) is 12.0. The lowest BCUT2D eigenvalue weighted by molar-refractivity contribution is 0.0614. The number of aryl methyl sites for hydroxylation is 1. The largest absolute Gasteiger partial charge is 0.396 e. The van der Waals surface area contributed by atoms with E-state index in [2.05, 4.69) is 4.98 Å². The topological polar surface area (TPSA) is 53.4 Å². The van der Waals surface area contributed by atoms with Crippen LogP contribution >= 0.6 is 0 Å². The summed E-state index contributed by atoms with van der Waals surface area (Å²) in [6, 6.07) is 3.73. The van der Waals surface area contributed by atoms with Crippen molar-refractivity contribution in [2.24, 2.45) is 5.92 Å². The highest BCUT2D eigenvalue weighted by atomic mass is 16.3. The summed E-state index contributed by atoms with van der Waals surface area (Å²) in [5, 5.41) is 9.16. The van der Waals surface area contributed by atoms with Crippen LogP contribution < -0.4 is 0 Å². The summed E-state index contributed by atoms with van der Waals surface area (Å²) in [7, 11) is 0. The average Bonchev–Trinajstić information content (AvgIpc) is 2.38. The van der Waals surface area contributed by atoms with Crippen molar-refractivity contribution in [2.45, 2.75) is 19.8 Å². The first-order valence-corrected chi connectivity index (χ1v) is 6.04. The Balaban J connectivity index is 2.12. The molecular formula is C13H18N2O2. The van der Waals surface area contributed by atoms with Gasteiger partial charge < -0.3 is 10.0 Å². The second kappa shape index (κ2) is 5.27. The minimum absolute atomic E-state index is 0.0127. The number of likely N-dealkylation sites (tertiary alicyclic amines) is 1. The molecular weight excluding hydrogens is 216 g/mol. The maximum Gasteiger partial charge on any atom is 0.272 e. The smallest absolute Gasteiger partial charge is 0.272 e. The van der Waals surface area contributed by atoms with Crippen LogP contribution in [0.1, 0.15) is 28.9 Å². The van der Waals surface area contributed by atoms with E-state index in [1.54, 1.807) is 11.1 Å². The van der Waals surface area contributed by atoms with E-state index in [1.165, 1.54) is 0 Å². The van der Waals surface area contributed by atoms with E-state index in [-0.39, 0.29) is 18.4 Å². The summed E-state index contributed by atoms with van der Waals surface area (Å²) < 4.78 is 0. The number of hydrogen-bond donors (Lipinski definition) is 1. The molecule has 1 saturated heterocycles. The second-order valence-electron chi connectivity index (χ2n) is 4.61. The number of rotatable bonds is 2. The normalized spacial score (nSPS) is 20.4. The SMILES string of the molecule is Cc1cccnc1C(=O)N1CCCC(CO)C1. The molecule has 1 aromatic rings. The fourth-order valence-corrected chi connectivity index (χ4v) is 2.26. The first-order valence-electron chi connectivity index (χ1n) is 6.04. The van der Waals surface area contributed by atoms with Crippen molar-refractivity contribution in [3.63, 3.8) is 0 Å². The van der Waals surface area contributed by atoms with Crippen LogP contribution in [0.2, 0.25) is 0 Å². The highest BCUT2D eigenvalue weighted by Gasteiger charge is 2.25. The van der Waals surface area contributed by atoms with Gasteiger partial charge in [0.15, 0.2) is 0 Å². The third kappa shape index (κ3) is 2.64. The van der Waals surface area contributed by atoms with Crippen molar-refractivity contribution < 1.29 is 9.90 Å². The van der Waals surface area contributed by atoms with Crippen LogP contribution in [-0.4, -0.2) is 40.6 Å². The summed E-state index contributed by atoms with van der Waals surface area (Å²) in [6.45, 7) is 3.47. The van der Waals surface area contributed by atoms with Gasteiger partial charge >= 0.3 is 0 Å². The fourth-order valence-electron chi connectivity index (χ4n) is 2.26. The molecule has 1 fully saturated rings. The number of aromatic nitrogens is 1. The maximum atomic E-state index is 12.3. The molecule has 0 aromatic carbocycles. The minimum atomic E-state index is -0.0127. The molecule has 17 heavy (non-hydrogen) atoms. The number of aliphatic hydroxyl groups excluding tert-OH is 1. The Kier molecular flexibility index (Phi) is 3.74. The van der Waals surface area contributed by atoms with Crippen LogP contribution in [0.3, 0.4) is 0 Å². The predicted molar refractivity (Wildman–Crippen MR) is 64.7 cm³/mol. The average molecular weight is 234 g/mol. The molecule has 92 valence electrons. The Morgan fingerprint density at radius 1 is 1.65 bits per heavy atom.